The number of benzene rings is 1. The first-order valence-electron chi connectivity index (χ1n) is 8.25. The fraction of sp³-hybridized carbons (Fsp3) is 0.529. The molecule has 0 saturated carbocycles. The van der Waals surface area contributed by atoms with Gasteiger partial charge >= 0.3 is 5.97 Å². The largest absolute Gasteiger partial charge is 0.462 e. The third-order valence-corrected chi connectivity index (χ3v) is 4.25. The van der Waals surface area contributed by atoms with E-state index in [0.29, 0.717) is 6.54 Å². The van der Waals surface area contributed by atoms with E-state index in [1.165, 1.54) is 12.1 Å². The second kappa shape index (κ2) is 7.90. The van der Waals surface area contributed by atoms with Crippen LogP contribution in [-0.2, 0) is 4.74 Å². The third-order valence-electron chi connectivity index (χ3n) is 4.25. The van der Waals surface area contributed by atoms with Crippen LogP contribution in [0.25, 0.3) is 0 Å². The molecule has 1 heterocycles. The van der Waals surface area contributed by atoms with Crippen molar-refractivity contribution in [1.82, 2.24) is 4.90 Å². The molecule has 2 rings (SSSR count). The quantitative estimate of drug-likeness (QED) is 0.469. The molecule has 130 valence electrons. The van der Waals surface area contributed by atoms with Gasteiger partial charge in [0, 0.05) is 30.3 Å². The van der Waals surface area contributed by atoms with Crippen LogP contribution in [0.15, 0.2) is 18.2 Å². The lowest BCUT2D eigenvalue weighted by atomic mass is 9.98. The second-order valence-corrected chi connectivity index (χ2v) is 5.80. The van der Waals surface area contributed by atoms with Gasteiger partial charge in [0.2, 0.25) is 0 Å². The maximum absolute atomic E-state index is 12.8. The number of hydrogen-bond donors (Lipinski definition) is 0. The highest BCUT2D eigenvalue weighted by molar-refractivity contribution is 5.99. The highest BCUT2D eigenvalue weighted by atomic mass is 16.6. The maximum atomic E-state index is 12.8. The average Bonchev–Trinajstić information content (AvgIpc) is 2.60. The summed E-state index contributed by atoms with van der Waals surface area (Å²) in [5, 5.41) is 11.1. The summed E-state index contributed by atoms with van der Waals surface area (Å²) in [7, 11) is 0. The van der Waals surface area contributed by atoms with E-state index in [4.69, 9.17) is 4.74 Å². The van der Waals surface area contributed by atoms with Crippen molar-refractivity contribution in [2.45, 2.75) is 45.6 Å². The van der Waals surface area contributed by atoms with Gasteiger partial charge in [-0.25, -0.2) is 4.79 Å². The maximum Gasteiger partial charge on any atom is 0.338 e. The predicted molar refractivity (Wildman–Crippen MR) is 88.0 cm³/mol. The van der Waals surface area contributed by atoms with Gasteiger partial charge in [0.1, 0.15) is 0 Å². The molecule has 1 unspecified atom stereocenters. The fourth-order valence-electron chi connectivity index (χ4n) is 3.03. The minimum absolute atomic E-state index is 0.0273. The van der Waals surface area contributed by atoms with Gasteiger partial charge in [-0.1, -0.05) is 6.92 Å². The zero-order valence-electron chi connectivity index (χ0n) is 14.0. The highest BCUT2D eigenvalue weighted by Crippen LogP contribution is 2.24. The number of nitro groups is 1. The van der Waals surface area contributed by atoms with Crippen molar-refractivity contribution in [3.8, 4) is 0 Å². The molecule has 1 aliphatic rings. The van der Waals surface area contributed by atoms with Crippen molar-refractivity contribution < 1.29 is 19.2 Å². The van der Waals surface area contributed by atoms with Crippen molar-refractivity contribution in [1.29, 1.82) is 0 Å². The fourth-order valence-corrected chi connectivity index (χ4v) is 3.03. The van der Waals surface area contributed by atoms with E-state index in [0.717, 1.165) is 31.7 Å². The Morgan fingerprint density at radius 1 is 1.25 bits per heavy atom. The van der Waals surface area contributed by atoms with E-state index in [-0.39, 0.29) is 35.4 Å². The molecule has 0 aromatic heterocycles. The standard InChI is InChI=1S/C17H22N2O5/c1-3-14-7-5-6-8-18(14)16(20)12-9-13(17(21)24-4-2)11-15(10-12)19(22)23/h9-11,14H,3-8H2,1-2H3. The Kier molecular flexibility index (Phi) is 5.89. The summed E-state index contributed by atoms with van der Waals surface area (Å²) in [6, 6.07) is 3.89. The highest BCUT2D eigenvalue weighted by Gasteiger charge is 2.28. The number of carbonyl (C=O) groups is 2. The van der Waals surface area contributed by atoms with Crippen molar-refractivity contribution >= 4 is 17.6 Å². The summed E-state index contributed by atoms with van der Waals surface area (Å²) < 4.78 is 4.90. The number of esters is 1. The molecule has 1 aromatic carbocycles. The van der Waals surface area contributed by atoms with Gasteiger partial charge in [-0.2, -0.15) is 0 Å². The molecule has 0 spiro atoms. The monoisotopic (exact) mass is 334 g/mol. The number of hydrogen-bond acceptors (Lipinski definition) is 5. The molecular formula is C17H22N2O5. The molecule has 0 bridgehead atoms. The van der Waals surface area contributed by atoms with E-state index in [2.05, 4.69) is 0 Å². The number of nitro benzene ring substituents is 1. The summed E-state index contributed by atoms with van der Waals surface area (Å²) in [5.74, 6) is -0.934. The van der Waals surface area contributed by atoms with E-state index >= 15 is 0 Å². The Labute approximate surface area is 140 Å². The Morgan fingerprint density at radius 2 is 1.96 bits per heavy atom. The average molecular weight is 334 g/mol. The number of ether oxygens (including phenoxy) is 1. The van der Waals surface area contributed by atoms with Crippen LogP contribution in [0.4, 0.5) is 5.69 Å². The van der Waals surface area contributed by atoms with Gasteiger partial charge in [-0.15, -0.1) is 0 Å². The van der Waals surface area contributed by atoms with Crippen LogP contribution in [-0.4, -0.2) is 40.9 Å². The Hall–Kier alpha value is -2.44. The number of likely N-dealkylation sites (tertiary alicyclic amines) is 1. The zero-order valence-corrected chi connectivity index (χ0v) is 14.0. The molecule has 1 atom stereocenters. The molecule has 0 aliphatic carbocycles. The SMILES string of the molecule is CCOC(=O)c1cc(C(=O)N2CCCCC2CC)cc([N+](=O)[O-])c1. The molecule has 1 amide bonds. The Morgan fingerprint density at radius 3 is 2.58 bits per heavy atom. The number of rotatable bonds is 5. The first-order valence-corrected chi connectivity index (χ1v) is 8.25. The molecule has 7 heteroatoms. The number of piperidine rings is 1. The van der Waals surface area contributed by atoms with Gasteiger partial charge in [-0.3, -0.25) is 14.9 Å². The van der Waals surface area contributed by atoms with Crippen LogP contribution in [0, 0.1) is 10.1 Å². The van der Waals surface area contributed by atoms with Crippen LogP contribution < -0.4 is 0 Å². The predicted octanol–water partition coefficient (Wildman–Crippen LogP) is 3.18. The summed E-state index contributed by atoms with van der Waals surface area (Å²) in [4.78, 5) is 37.0. The lowest BCUT2D eigenvalue weighted by Crippen LogP contribution is -2.43. The van der Waals surface area contributed by atoms with Gasteiger partial charge < -0.3 is 9.64 Å². The van der Waals surface area contributed by atoms with E-state index in [1.807, 2.05) is 6.92 Å². The van der Waals surface area contributed by atoms with Crippen molar-refractivity contribution in [2.75, 3.05) is 13.2 Å². The van der Waals surface area contributed by atoms with Crippen LogP contribution in [0.3, 0.4) is 0 Å². The molecule has 0 N–H and O–H groups in total. The van der Waals surface area contributed by atoms with Crippen LogP contribution in [0.2, 0.25) is 0 Å². The minimum atomic E-state index is -0.666. The topological polar surface area (TPSA) is 89.8 Å². The zero-order chi connectivity index (χ0) is 17.7. The smallest absolute Gasteiger partial charge is 0.338 e. The van der Waals surface area contributed by atoms with Gasteiger partial charge in [-0.05, 0) is 38.7 Å². The van der Waals surface area contributed by atoms with Crippen molar-refractivity contribution in [3.05, 3.63) is 39.4 Å². The molecule has 1 aromatic rings. The molecule has 1 saturated heterocycles. The van der Waals surface area contributed by atoms with Crippen molar-refractivity contribution in [3.63, 3.8) is 0 Å². The van der Waals surface area contributed by atoms with E-state index in [9.17, 15) is 19.7 Å². The van der Waals surface area contributed by atoms with Crippen molar-refractivity contribution in [2.24, 2.45) is 0 Å². The molecular weight excluding hydrogens is 312 g/mol. The summed E-state index contributed by atoms with van der Waals surface area (Å²) in [5.41, 5.74) is -0.0963. The minimum Gasteiger partial charge on any atom is -0.462 e. The van der Waals surface area contributed by atoms with E-state index in [1.54, 1.807) is 11.8 Å². The number of carbonyl (C=O) groups excluding carboxylic acids is 2. The molecule has 24 heavy (non-hydrogen) atoms. The summed E-state index contributed by atoms with van der Waals surface area (Å²) in [6.45, 7) is 4.47. The number of nitrogens with zero attached hydrogens (tertiary/aromatic N) is 2. The molecule has 7 nitrogen and oxygen atoms in total. The summed E-state index contributed by atoms with van der Waals surface area (Å²) >= 11 is 0. The lowest BCUT2D eigenvalue weighted by Gasteiger charge is -2.35. The first-order chi connectivity index (χ1) is 11.5. The Balaban J connectivity index is 2.38. The van der Waals surface area contributed by atoms with Gasteiger partial charge in [0.15, 0.2) is 0 Å². The normalized spacial score (nSPS) is 17.4. The van der Waals surface area contributed by atoms with E-state index < -0.39 is 10.9 Å². The molecule has 1 aliphatic heterocycles. The van der Waals surface area contributed by atoms with Gasteiger partial charge in [0.25, 0.3) is 11.6 Å². The number of amides is 1. The Bertz CT molecular complexity index is 644. The second-order valence-electron chi connectivity index (χ2n) is 5.80. The number of non-ortho nitro benzene ring substituents is 1. The molecule has 1 fully saturated rings. The molecule has 0 radical (unpaired) electrons. The lowest BCUT2D eigenvalue weighted by molar-refractivity contribution is -0.384. The van der Waals surface area contributed by atoms with Crippen LogP contribution in [0.1, 0.15) is 60.2 Å². The third kappa shape index (κ3) is 3.90. The van der Waals surface area contributed by atoms with Crippen LogP contribution in [0.5, 0.6) is 0 Å². The first kappa shape index (κ1) is 17.9. The summed E-state index contributed by atoms with van der Waals surface area (Å²) in [6.07, 6.45) is 3.76. The van der Waals surface area contributed by atoms with Gasteiger partial charge in [0.05, 0.1) is 17.1 Å². The van der Waals surface area contributed by atoms with Crippen LogP contribution >= 0.6 is 0 Å².